The van der Waals surface area contributed by atoms with Crippen molar-refractivity contribution in [1.82, 2.24) is 9.78 Å². The van der Waals surface area contributed by atoms with Gasteiger partial charge in [-0.1, -0.05) is 29.8 Å². The van der Waals surface area contributed by atoms with Crippen LogP contribution in [0.25, 0.3) is 18.3 Å². The van der Waals surface area contributed by atoms with Crippen LogP contribution in [0.4, 0.5) is 0 Å². The maximum atomic E-state index is 12.9. The molecule has 150 valence electrons. The number of H-pyrrole nitrogens is 1. The minimum absolute atomic E-state index is 0.188. The van der Waals surface area contributed by atoms with Gasteiger partial charge in [0.2, 0.25) is 0 Å². The Balaban J connectivity index is 2.08. The van der Waals surface area contributed by atoms with Crippen LogP contribution in [-0.4, -0.2) is 29.4 Å². The average Bonchev–Trinajstić information content (AvgIpc) is 2.95. The number of benzene rings is 2. The van der Waals surface area contributed by atoms with E-state index in [9.17, 15) is 9.59 Å². The molecule has 3 rings (SSSR count). The molecule has 1 aromatic heterocycles. The van der Waals surface area contributed by atoms with Crippen molar-refractivity contribution in [2.24, 2.45) is 5.73 Å². The molecule has 9 heteroatoms. The lowest BCUT2D eigenvalue weighted by Gasteiger charge is -2.12. The summed E-state index contributed by atoms with van der Waals surface area (Å²) in [6.45, 7) is 3.56. The second kappa shape index (κ2) is 8.46. The van der Waals surface area contributed by atoms with E-state index in [2.05, 4.69) is 11.7 Å². The number of rotatable bonds is 6. The second-order valence-corrected chi connectivity index (χ2v) is 6.90. The van der Waals surface area contributed by atoms with Gasteiger partial charge < -0.3 is 15.2 Å². The first-order chi connectivity index (χ1) is 13.8. The first-order valence-electron chi connectivity index (χ1n) is 8.36. The van der Waals surface area contributed by atoms with E-state index in [1.165, 1.54) is 11.8 Å². The molecule has 0 aliphatic rings. The third kappa shape index (κ3) is 4.47. The minimum atomic E-state index is -0.643. The zero-order valence-electron chi connectivity index (χ0n) is 15.4. The van der Waals surface area contributed by atoms with E-state index in [0.717, 1.165) is 0 Å². The van der Waals surface area contributed by atoms with Gasteiger partial charge in [-0.05, 0) is 48.0 Å². The van der Waals surface area contributed by atoms with Gasteiger partial charge in [0.25, 0.3) is 11.5 Å². The fraction of sp³-hybridized carbons (Fsp3) is 0.100. The summed E-state index contributed by atoms with van der Waals surface area (Å²) in [5.74, 6) is -0.160. The molecule has 2 aromatic carbocycles. The fourth-order valence-electron chi connectivity index (χ4n) is 2.69. The number of nitrogens with zero attached hydrogens (tertiary/aromatic N) is 1. The van der Waals surface area contributed by atoms with Gasteiger partial charge in [-0.15, -0.1) is 0 Å². The number of ether oxygens (including phenoxy) is 2. The number of nitrogens with one attached hydrogen (secondary N) is 1. The summed E-state index contributed by atoms with van der Waals surface area (Å²) in [6, 6.07) is 10.0. The predicted octanol–water partition coefficient (Wildman–Crippen LogP) is 1.58. The van der Waals surface area contributed by atoms with Crippen LogP contribution in [0.5, 0.6) is 11.5 Å². The Kier molecular flexibility index (Phi) is 6.00. The molecule has 1 amide bonds. The summed E-state index contributed by atoms with van der Waals surface area (Å²) in [4.78, 5) is 23.8. The van der Waals surface area contributed by atoms with E-state index >= 15 is 0 Å². The smallest absolute Gasteiger partial charge is 0.279 e. The van der Waals surface area contributed by atoms with Gasteiger partial charge >= 0.3 is 0 Å². The zero-order chi connectivity index (χ0) is 21.1. The Morgan fingerprint density at radius 1 is 1.28 bits per heavy atom. The van der Waals surface area contributed by atoms with E-state index in [0.29, 0.717) is 32.6 Å². The molecule has 0 aliphatic carbocycles. The van der Waals surface area contributed by atoms with E-state index in [1.807, 2.05) is 0 Å². The van der Waals surface area contributed by atoms with Gasteiger partial charge in [-0.2, -0.15) is 0 Å². The van der Waals surface area contributed by atoms with Gasteiger partial charge in [0.15, 0.2) is 18.1 Å². The summed E-state index contributed by atoms with van der Waals surface area (Å²) in [5, 5.41) is 4.48. The molecule has 0 saturated heterocycles. The number of hydrogen-bond donors (Lipinski definition) is 2. The molecule has 0 saturated carbocycles. The highest BCUT2D eigenvalue weighted by atomic mass is 35.5. The van der Waals surface area contributed by atoms with E-state index in [4.69, 9.17) is 38.4 Å². The number of aromatic amines is 1. The van der Waals surface area contributed by atoms with Crippen molar-refractivity contribution in [3.05, 3.63) is 72.9 Å². The van der Waals surface area contributed by atoms with Crippen molar-refractivity contribution < 1.29 is 14.3 Å². The highest BCUT2D eigenvalue weighted by molar-refractivity contribution is 6.32. The van der Waals surface area contributed by atoms with E-state index in [1.54, 1.807) is 42.5 Å². The third-order valence-corrected chi connectivity index (χ3v) is 4.54. The topological polar surface area (TPSA) is 99.3 Å². The maximum Gasteiger partial charge on any atom is 0.279 e. The normalized spacial score (nSPS) is 11.5. The number of amides is 1. The highest BCUT2D eigenvalue weighted by Crippen LogP contribution is 2.36. The summed E-state index contributed by atoms with van der Waals surface area (Å²) in [5.41, 5.74) is 6.01. The average molecular weight is 434 g/mol. The molecule has 3 N–H and O–H groups in total. The molecule has 3 aromatic rings. The number of carbonyl (C=O) groups is 1. The lowest BCUT2D eigenvalue weighted by Crippen LogP contribution is -2.33. The monoisotopic (exact) mass is 433 g/mol. The van der Waals surface area contributed by atoms with Crippen LogP contribution < -0.4 is 31.3 Å². The van der Waals surface area contributed by atoms with Crippen LogP contribution in [-0.2, 0) is 4.79 Å². The Labute approximate surface area is 175 Å². The van der Waals surface area contributed by atoms with Crippen LogP contribution >= 0.6 is 23.2 Å². The molecule has 0 spiro atoms. The lowest BCUT2D eigenvalue weighted by molar-refractivity contribution is -0.119. The Hall–Kier alpha value is -3.16. The third-order valence-electron chi connectivity index (χ3n) is 4.01. The Morgan fingerprint density at radius 2 is 1.97 bits per heavy atom. The van der Waals surface area contributed by atoms with Crippen molar-refractivity contribution >= 4 is 41.8 Å². The van der Waals surface area contributed by atoms with Crippen LogP contribution in [0.15, 0.2) is 41.2 Å². The van der Waals surface area contributed by atoms with Crippen LogP contribution in [0.3, 0.4) is 0 Å². The maximum absolute atomic E-state index is 12.9. The standard InChI is InChI=1S/C20H17Cl2N3O4/c1-11-15(20(27)25(24-11)14-5-3-13(21)4-6-14)7-12-8-16(22)19(17(9-12)28-2)29-10-18(23)26/h3-9,24H,1,10H2,2H3,(H2,23,26)/b15-7-. The molecule has 7 nitrogen and oxygen atoms in total. The van der Waals surface area contributed by atoms with Crippen molar-refractivity contribution in [3.8, 4) is 17.2 Å². The molecule has 1 heterocycles. The Morgan fingerprint density at radius 3 is 2.59 bits per heavy atom. The first-order valence-corrected chi connectivity index (χ1v) is 9.12. The number of halogens is 2. The molecule has 0 unspecified atom stereocenters. The SMILES string of the molecule is C=c1[nH]n(-c2ccc(Cl)cc2)c(=O)/c1=C\c1cc(Cl)c(OCC(N)=O)c(OC)c1. The van der Waals surface area contributed by atoms with Crippen molar-refractivity contribution in [2.75, 3.05) is 13.7 Å². The number of primary amides is 1. The van der Waals surface area contributed by atoms with Gasteiger partial charge in [0.1, 0.15) is 0 Å². The molecular weight excluding hydrogens is 417 g/mol. The molecule has 0 aliphatic heterocycles. The number of carbonyl (C=O) groups excluding carboxylic acids is 1. The minimum Gasteiger partial charge on any atom is -0.493 e. The molecule has 0 atom stereocenters. The summed E-state index contributed by atoms with van der Waals surface area (Å²) in [6.07, 6.45) is 1.62. The molecule has 0 bridgehead atoms. The van der Waals surface area contributed by atoms with Crippen LogP contribution in [0, 0.1) is 0 Å². The molecule has 0 radical (unpaired) electrons. The van der Waals surface area contributed by atoms with Crippen molar-refractivity contribution in [1.29, 1.82) is 0 Å². The summed E-state index contributed by atoms with van der Waals surface area (Å²) < 4.78 is 12.0. The van der Waals surface area contributed by atoms with Gasteiger partial charge in [-0.25, -0.2) is 4.68 Å². The zero-order valence-corrected chi connectivity index (χ0v) is 16.9. The first kappa shape index (κ1) is 20.6. The molecular formula is C20H17Cl2N3O4. The van der Waals surface area contributed by atoms with Crippen molar-refractivity contribution in [3.63, 3.8) is 0 Å². The van der Waals surface area contributed by atoms with Gasteiger partial charge in [0, 0.05) is 5.02 Å². The number of aromatic nitrogens is 2. The number of hydrogen-bond acceptors (Lipinski definition) is 4. The molecule has 0 fully saturated rings. The summed E-state index contributed by atoms with van der Waals surface area (Å²) in [7, 11) is 1.43. The number of methoxy groups -OCH3 is 1. The van der Waals surface area contributed by atoms with Crippen LogP contribution in [0.2, 0.25) is 10.0 Å². The fourth-order valence-corrected chi connectivity index (χ4v) is 3.09. The number of nitrogens with two attached hydrogens (primary N) is 1. The molecule has 29 heavy (non-hydrogen) atoms. The van der Waals surface area contributed by atoms with E-state index < -0.39 is 5.91 Å². The van der Waals surface area contributed by atoms with Crippen molar-refractivity contribution in [2.45, 2.75) is 0 Å². The summed E-state index contributed by atoms with van der Waals surface area (Å²) >= 11 is 12.2. The highest BCUT2D eigenvalue weighted by Gasteiger charge is 2.13. The lowest BCUT2D eigenvalue weighted by atomic mass is 10.1. The quantitative estimate of drug-likeness (QED) is 0.616. The van der Waals surface area contributed by atoms with Gasteiger partial charge in [0.05, 0.1) is 28.4 Å². The predicted molar refractivity (Wildman–Crippen MR) is 112 cm³/mol. The van der Waals surface area contributed by atoms with Gasteiger partial charge in [-0.3, -0.25) is 14.7 Å². The largest absolute Gasteiger partial charge is 0.493 e. The second-order valence-electron chi connectivity index (χ2n) is 6.05. The Bertz CT molecular complexity index is 1230. The van der Waals surface area contributed by atoms with E-state index in [-0.39, 0.29) is 22.9 Å². The van der Waals surface area contributed by atoms with Crippen LogP contribution in [0.1, 0.15) is 5.56 Å².